The molecule has 178 valence electrons. The zero-order valence-electron chi connectivity index (χ0n) is 17.9. The molecule has 2 aliphatic rings. The van der Waals surface area contributed by atoms with Gasteiger partial charge in [-0.3, -0.25) is 14.5 Å². The van der Waals surface area contributed by atoms with Crippen LogP contribution in [0.25, 0.3) is 0 Å². The fraction of sp³-hybridized carbons (Fsp3) is 0.316. The first-order chi connectivity index (χ1) is 16.3. The number of nitrogens with two attached hydrogens (primary N) is 2. The summed E-state index contributed by atoms with van der Waals surface area (Å²) in [6, 6.07) is 2.76. The van der Waals surface area contributed by atoms with Crippen LogP contribution in [0.5, 0.6) is 0 Å². The number of aliphatic carboxylic acids is 1. The summed E-state index contributed by atoms with van der Waals surface area (Å²) in [4.78, 5) is 47.6. The molecule has 1 saturated heterocycles. The number of anilines is 1. The van der Waals surface area contributed by atoms with Crippen molar-refractivity contribution in [3.8, 4) is 0 Å². The number of carboxylic acid groups (broad SMARTS) is 1. The molecule has 34 heavy (non-hydrogen) atoms. The van der Waals surface area contributed by atoms with E-state index in [9.17, 15) is 19.5 Å². The van der Waals surface area contributed by atoms with Crippen molar-refractivity contribution in [1.29, 1.82) is 0 Å². The largest absolute Gasteiger partial charge is 0.477 e. The molecule has 0 unspecified atom stereocenters. The van der Waals surface area contributed by atoms with Gasteiger partial charge >= 0.3 is 5.97 Å². The molecule has 2 aromatic heterocycles. The van der Waals surface area contributed by atoms with E-state index in [0.717, 1.165) is 17.1 Å². The second kappa shape index (κ2) is 9.74. The van der Waals surface area contributed by atoms with Gasteiger partial charge in [0.2, 0.25) is 11.5 Å². The van der Waals surface area contributed by atoms with Crippen molar-refractivity contribution >= 4 is 51.9 Å². The number of nitrogen functional groups attached to an aromatic ring is 1. The fourth-order valence-corrected chi connectivity index (χ4v) is 5.34. The number of carboxylic acids is 1. The summed E-state index contributed by atoms with van der Waals surface area (Å²) < 4.78 is 5.76. The van der Waals surface area contributed by atoms with Crippen LogP contribution in [0.1, 0.15) is 11.4 Å². The Balaban J connectivity index is 1.52. The number of nitrogens with zero attached hydrogens (tertiary/aromatic N) is 5. The van der Waals surface area contributed by atoms with E-state index in [1.165, 1.54) is 23.8 Å². The topological polar surface area (TPSA) is 190 Å². The van der Waals surface area contributed by atoms with E-state index < -0.39 is 29.2 Å². The maximum absolute atomic E-state index is 12.9. The van der Waals surface area contributed by atoms with Crippen LogP contribution in [0.15, 0.2) is 41.0 Å². The zero-order chi connectivity index (χ0) is 24.4. The molecule has 0 saturated carbocycles. The molecule has 4 heterocycles. The molecule has 1 fully saturated rings. The molecule has 2 aliphatic heterocycles. The molecule has 2 aromatic rings. The average Bonchev–Trinajstić information content (AvgIpc) is 3.26. The third-order valence-electron chi connectivity index (χ3n) is 5.16. The maximum Gasteiger partial charge on any atom is 0.352 e. The minimum Gasteiger partial charge on any atom is -0.477 e. The van der Waals surface area contributed by atoms with Crippen LogP contribution >= 0.6 is 23.3 Å². The Morgan fingerprint density at radius 3 is 2.74 bits per heavy atom. The Hall–Kier alpha value is -3.56. The van der Waals surface area contributed by atoms with Gasteiger partial charge in [0.15, 0.2) is 24.1 Å². The Labute approximate surface area is 201 Å². The molecular formula is C19H21N8O5S2+. The molecule has 13 nitrogen and oxygen atoms in total. The van der Waals surface area contributed by atoms with E-state index in [0.29, 0.717) is 24.4 Å². The number of β-lactam (4-membered cyclic amide) rings is 1. The standard InChI is InChI=1S/C19H20N8O5S2/c1-32-24-11(14-23-19(21)34-25-14)15(28)22-12-16(29)27-13(18(30)31)10(8-33-17(12)27)7-26-4-2-9(6-20)3-5-26/h2-5,12,17H,6-8,20H2,1H3,(H3-,21,22,23,25,28,30,31)/p+1/b24-11-/t12-,17-/m1/s1. The molecule has 6 N–H and O–H groups in total. The van der Waals surface area contributed by atoms with Gasteiger partial charge in [0.05, 0.1) is 0 Å². The number of amides is 2. The van der Waals surface area contributed by atoms with Gasteiger partial charge in [-0.1, -0.05) is 5.16 Å². The van der Waals surface area contributed by atoms with Crippen LogP contribution in [0.3, 0.4) is 0 Å². The monoisotopic (exact) mass is 505 g/mol. The molecule has 0 spiro atoms. The third-order valence-corrected chi connectivity index (χ3v) is 7.04. The van der Waals surface area contributed by atoms with Crippen LogP contribution in [-0.2, 0) is 32.3 Å². The summed E-state index contributed by atoms with van der Waals surface area (Å²) in [5, 5.41) is 15.6. The lowest BCUT2D eigenvalue weighted by atomic mass is 10.0. The van der Waals surface area contributed by atoms with Gasteiger partial charge in [0.1, 0.15) is 24.2 Å². The Bertz CT molecular complexity index is 1200. The van der Waals surface area contributed by atoms with Crippen molar-refractivity contribution < 1.29 is 28.9 Å². The van der Waals surface area contributed by atoms with Gasteiger partial charge < -0.3 is 26.7 Å². The quantitative estimate of drug-likeness (QED) is 0.144. The predicted molar refractivity (Wildman–Crippen MR) is 122 cm³/mol. The van der Waals surface area contributed by atoms with Crippen molar-refractivity contribution in [2.75, 3.05) is 18.6 Å². The van der Waals surface area contributed by atoms with E-state index in [-0.39, 0.29) is 22.4 Å². The highest BCUT2D eigenvalue weighted by atomic mass is 32.2. The highest BCUT2D eigenvalue weighted by molar-refractivity contribution is 8.00. The van der Waals surface area contributed by atoms with E-state index in [1.807, 2.05) is 29.1 Å². The van der Waals surface area contributed by atoms with Crippen LogP contribution in [0, 0.1) is 0 Å². The van der Waals surface area contributed by atoms with Crippen LogP contribution < -0.4 is 21.4 Å². The minimum absolute atomic E-state index is 0.0344. The Morgan fingerprint density at radius 2 is 2.15 bits per heavy atom. The highest BCUT2D eigenvalue weighted by Gasteiger charge is 2.54. The number of pyridine rings is 1. The second-order valence-corrected chi connectivity index (χ2v) is 9.17. The summed E-state index contributed by atoms with van der Waals surface area (Å²) in [5.74, 6) is -2.14. The average molecular weight is 506 g/mol. The van der Waals surface area contributed by atoms with Crippen molar-refractivity contribution in [3.05, 3.63) is 47.2 Å². The number of fused-ring (bicyclic) bond motifs is 1. The first kappa shape index (κ1) is 23.6. The Morgan fingerprint density at radius 1 is 1.41 bits per heavy atom. The van der Waals surface area contributed by atoms with Crippen LogP contribution in [0.4, 0.5) is 5.13 Å². The number of hydrogen-bond donors (Lipinski definition) is 4. The summed E-state index contributed by atoms with van der Waals surface area (Å²) in [5.41, 5.74) is 12.4. The third kappa shape index (κ3) is 4.44. The molecule has 0 aromatic carbocycles. The van der Waals surface area contributed by atoms with Gasteiger partial charge in [-0.2, -0.15) is 9.36 Å². The fourth-order valence-electron chi connectivity index (χ4n) is 3.57. The SMILES string of the molecule is CO/N=C(\C(=O)N[C@@H]1C(=O)N2C(C(=O)O)=C(C[n+]3ccc(CN)cc3)CS[C@H]12)c1nsc(N)n1. The number of carbonyl (C=O) groups is 3. The first-order valence-corrected chi connectivity index (χ1v) is 11.8. The van der Waals surface area contributed by atoms with Crippen molar-refractivity contribution in [1.82, 2.24) is 19.6 Å². The molecule has 2 amide bonds. The number of rotatable bonds is 8. The van der Waals surface area contributed by atoms with E-state index >= 15 is 0 Å². The number of oxime groups is 1. The number of nitrogens with one attached hydrogen (secondary N) is 1. The van der Waals surface area contributed by atoms with Gasteiger partial charge in [-0.05, 0) is 5.56 Å². The number of carbonyl (C=O) groups excluding carboxylic acids is 2. The zero-order valence-corrected chi connectivity index (χ0v) is 19.5. The first-order valence-electron chi connectivity index (χ1n) is 9.93. The summed E-state index contributed by atoms with van der Waals surface area (Å²) in [6.07, 6.45) is 3.62. The predicted octanol–water partition coefficient (Wildman–Crippen LogP) is -1.34. The van der Waals surface area contributed by atoms with Crippen LogP contribution in [0.2, 0.25) is 0 Å². The smallest absolute Gasteiger partial charge is 0.352 e. The molecule has 2 atom stereocenters. The van der Waals surface area contributed by atoms with Gasteiger partial charge in [0.25, 0.3) is 11.8 Å². The van der Waals surface area contributed by atoms with E-state index in [4.69, 9.17) is 16.3 Å². The lowest BCUT2D eigenvalue weighted by Gasteiger charge is -2.49. The van der Waals surface area contributed by atoms with E-state index in [2.05, 4.69) is 19.8 Å². The van der Waals surface area contributed by atoms with Crippen molar-refractivity contribution in [3.63, 3.8) is 0 Å². The lowest BCUT2D eigenvalue weighted by molar-refractivity contribution is -0.689. The number of thioether (sulfide) groups is 1. The number of aromatic nitrogens is 3. The van der Waals surface area contributed by atoms with Crippen LogP contribution in [-0.4, -0.2) is 67.1 Å². The van der Waals surface area contributed by atoms with Gasteiger partial charge in [0, 0.05) is 41.5 Å². The van der Waals surface area contributed by atoms with Gasteiger partial charge in [-0.25, -0.2) is 9.36 Å². The summed E-state index contributed by atoms with van der Waals surface area (Å²) in [7, 11) is 1.25. The molecular weight excluding hydrogens is 484 g/mol. The summed E-state index contributed by atoms with van der Waals surface area (Å²) in [6.45, 7) is 0.703. The van der Waals surface area contributed by atoms with Crippen molar-refractivity contribution in [2.24, 2.45) is 10.9 Å². The molecule has 15 heteroatoms. The second-order valence-electron chi connectivity index (χ2n) is 7.28. The molecule has 0 bridgehead atoms. The van der Waals surface area contributed by atoms with Crippen molar-refractivity contribution in [2.45, 2.75) is 24.5 Å². The van der Waals surface area contributed by atoms with Gasteiger partial charge in [-0.15, -0.1) is 11.8 Å². The highest BCUT2D eigenvalue weighted by Crippen LogP contribution is 2.40. The minimum atomic E-state index is -1.21. The molecule has 4 rings (SSSR count). The molecule has 0 aliphatic carbocycles. The molecule has 0 radical (unpaired) electrons. The van der Waals surface area contributed by atoms with E-state index in [1.54, 1.807) is 0 Å². The summed E-state index contributed by atoms with van der Waals surface area (Å²) >= 11 is 2.24. The Kier molecular flexibility index (Phi) is 6.76. The lowest BCUT2D eigenvalue weighted by Crippen LogP contribution is -2.71. The number of hydrogen-bond acceptors (Lipinski definition) is 11. The normalized spacial score (nSPS) is 20.0. The maximum atomic E-state index is 12.9.